The van der Waals surface area contributed by atoms with Crippen LogP contribution in [0.1, 0.15) is 40.2 Å². The number of ether oxygens (including phenoxy) is 1. The number of carbonyl (C=O) groups is 2. The molecule has 1 atom stereocenters. The van der Waals surface area contributed by atoms with Crippen molar-refractivity contribution in [3.8, 4) is 0 Å². The highest BCUT2D eigenvalue weighted by molar-refractivity contribution is 5.93. The van der Waals surface area contributed by atoms with E-state index >= 15 is 0 Å². The normalized spacial score (nSPS) is 21.7. The molecule has 4 heterocycles. The summed E-state index contributed by atoms with van der Waals surface area (Å²) in [5.41, 5.74) is 0.794. The molecule has 0 aliphatic carbocycles. The lowest BCUT2D eigenvalue weighted by Crippen LogP contribution is -2.47. The topological polar surface area (TPSA) is 87.3 Å². The minimum absolute atomic E-state index is 0.0184. The number of pyridine rings is 1. The van der Waals surface area contributed by atoms with Gasteiger partial charge in [0.05, 0.1) is 18.2 Å². The van der Waals surface area contributed by atoms with Gasteiger partial charge in [-0.05, 0) is 43.5 Å². The number of amides is 2. The largest absolute Gasteiger partial charge is 0.373 e. The summed E-state index contributed by atoms with van der Waals surface area (Å²) >= 11 is 0. The van der Waals surface area contributed by atoms with E-state index in [1.165, 1.54) is 0 Å². The average Bonchev–Trinajstić information content (AvgIpc) is 3.33. The smallest absolute Gasteiger partial charge is 0.270 e. The molecule has 2 aliphatic heterocycles. The molecule has 0 radical (unpaired) electrons. The third-order valence-electron chi connectivity index (χ3n) is 5.23. The third kappa shape index (κ3) is 3.35. The number of hydrogen-bond acceptors (Lipinski definition) is 4. The number of piperidine rings is 1. The van der Waals surface area contributed by atoms with Crippen LogP contribution in [0.15, 0.2) is 42.7 Å². The fourth-order valence-corrected chi connectivity index (χ4v) is 3.79. The second kappa shape index (κ2) is 6.92. The summed E-state index contributed by atoms with van der Waals surface area (Å²) in [6, 6.07) is 8.88. The Labute approximate surface area is 151 Å². The molecule has 2 fully saturated rings. The van der Waals surface area contributed by atoms with E-state index in [4.69, 9.17) is 4.74 Å². The fraction of sp³-hybridized carbons (Fsp3) is 0.421. The first-order valence-electron chi connectivity index (χ1n) is 8.94. The first-order valence-corrected chi connectivity index (χ1v) is 8.94. The average molecular weight is 354 g/mol. The Kier molecular flexibility index (Phi) is 4.46. The van der Waals surface area contributed by atoms with Gasteiger partial charge in [0.25, 0.3) is 11.8 Å². The maximum Gasteiger partial charge on any atom is 0.270 e. The Morgan fingerprint density at radius 3 is 2.77 bits per heavy atom. The summed E-state index contributed by atoms with van der Waals surface area (Å²) in [7, 11) is 0. The van der Waals surface area contributed by atoms with Crippen LogP contribution in [0.5, 0.6) is 0 Å². The van der Waals surface area contributed by atoms with Gasteiger partial charge < -0.3 is 19.9 Å². The van der Waals surface area contributed by atoms with Gasteiger partial charge in [-0.15, -0.1) is 0 Å². The summed E-state index contributed by atoms with van der Waals surface area (Å²) in [6.45, 7) is 1.83. The van der Waals surface area contributed by atoms with Crippen molar-refractivity contribution < 1.29 is 14.3 Å². The van der Waals surface area contributed by atoms with Crippen molar-refractivity contribution in [3.63, 3.8) is 0 Å². The van der Waals surface area contributed by atoms with Crippen LogP contribution in [-0.4, -0.2) is 58.0 Å². The number of aromatic amines is 1. The Morgan fingerprint density at radius 1 is 1.23 bits per heavy atom. The summed E-state index contributed by atoms with van der Waals surface area (Å²) in [4.78, 5) is 33.6. The van der Waals surface area contributed by atoms with Crippen LogP contribution in [0.25, 0.3) is 0 Å². The molecule has 2 amide bonds. The van der Waals surface area contributed by atoms with Gasteiger partial charge in [0.15, 0.2) is 0 Å². The Balaban J connectivity index is 1.31. The second-order valence-electron chi connectivity index (χ2n) is 6.96. The standard InChI is InChI=1S/C19H22N4O3/c24-17(15-4-1-2-8-20-15)22-14-12-19(26-13-14)6-10-23(11-7-19)18(25)16-5-3-9-21-16/h1-5,8-9,14,21H,6-7,10-13H2,(H,22,24). The highest BCUT2D eigenvalue weighted by Crippen LogP contribution is 2.36. The van der Waals surface area contributed by atoms with E-state index in [2.05, 4.69) is 15.3 Å². The Bertz CT molecular complexity index is 767. The Hall–Kier alpha value is -2.67. The summed E-state index contributed by atoms with van der Waals surface area (Å²) in [5.74, 6) is -0.140. The molecule has 4 rings (SSSR count). The number of hydrogen-bond donors (Lipinski definition) is 2. The van der Waals surface area contributed by atoms with Crippen molar-refractivity contribution in [3.05, 3.63) is 54.1 Å². The molecule has 2 aliphatic rings. The van der Waals surface area contributed by atoms with Gasteiger partial charge in [0.2, 0.25) is 0 Å². The molecule has 0 aromatic carbocycles. The van der Waals surface area contributed by atoms with Crippen molar-refractivity contribution in [2.24, 2.45) is 0 Å². The van der Waals surface area contributed by atoms with Gasteiger partial charge in [-0.2, -0.15) is 0 Å². The molecule has 26 heavy (non-hydrogen) atoms. The quantitative estimate of drug-likeness (QED) is 0.876. The van der Waals surface area contributed by atoms with E-state index in [9.17, 15) is 9.59 Å². The first kappa shape index (κ1) is 16.8. The minimum Gasteiger partial charge on any atom is -0.373 e. The first-order chi connectivity index (χ1) is 12.7. The molecule has 1 unspecified atom stereocenters. The van der Waals surface area contributed by atoms with E-state index < -0.39 is 0 Å². The number of rotatable bonds is 3. The number of nitrogens with one attached hydrogen (secondary N) is 2. The van der Waals surface area contributed by atoms with Gasteiger partial charge in [0, 0.05) is 25.5 Å². The highest BCUT2D eigenvalue weighted by atomic mass is 16.5. The Morgan fingerprint density at radius 2 is 2.08 bits per heavy atom. The van der Waals surface area contributed by atoms with Gasteiger partial charge in [0.1, 0.15) is 11.4 Å². The van der Waals surface area contributed by atoms with Crippen molar-refractivity contribution in [1.82, 2.24) is 20.2 Å². The van der Waals surface area contributed by atoms with Crippen LogP contribution in [0, 0.1) is 0 Å². The fourth-order valence-electron chi connectivity index (χ4n) is 3.79. The number of likely N-dealkylation sites (tertiary alicyclic amines) is 1. The lowest BCUT2D eigenvalue weighted by Gasteiger charge is -2.38. The van der Waals surface area contributed by atoms with E-state index in [-0.39, 0.29) is 23.5 Å². The molecule has 2 aromatic rings. The van der Waals surface area contributed by atoms with Gasteiger partial charge >= 0.3 is 0 Å². The minimum atomic E-state index is -0.241. The van der Waals surface area contributed by atoms with Crippen molar-refractivity contribution in [2.75, 3.05) is 19.7 Å². The number of carbonyl (C=O) groups excluding carboxylic acids is 2. The van der Waals surface area contributed by atoms with E-state index in [1.807, 2.05) is 11.0 Å². The maximum atomic E-state index is 12.4. The lowest BCUT2D eigenvalue weighted by atomic mass is 9.87. The second-order valence-corrected chi connectivity index (χ2v) is 6.96. The zero-order chi connectivity index (χ0) is 18.0. The van der Waals surface area contributed by atoms with Crippen molar-refractivity contribution >= 4 is 11.8 Å². The van der Waals surface area contributed by atoms with Crippen LogP contribution in [0.2, 0.25) is 0 Å². The SMILES string of the molecule is O=C(NC1COC2(CCN(C(=O)c3ccc[nH]3)CC2)C1)c1ccccn1. The van der Waals surface area contributed by atoms with Crippen molar-refractivity contribution in [2.45, 2.75) is 30.9 Å². The van der Waals surface area contributed by atoms with Crippen LogP contribution in [-0.2, 0) is 4.74 Å². The predicted molar refractivity (Wildman–Crippen MR) is 94.7 cm³/mol. The summed E-state index contributed by atoms with van der Waals surface area (Å²) in [5, 5.41) is 3.01. The van der Waals surface area contributed by atoms with Crippen LogP contribution in [0.3, 0.4) is 0 Å². The molecule has 0 bridgehead atoms. The highest BCUT2D eigenvalue weighted by Gasteiger charge is 2.44. The van der Waals surface area contributed by atoms with Gasteiger partial charge in [-0.3, -0.25) is 14.6 Å². The van der Waals surface area contributed by atoms with Gasteiger partial charge in [-0.1, -0.05) is 6.07 Å². The molecule has 1 spiro atoms. The lowest BCUT2D eigenvalue weighted by molar-refractivity contribution is -0.0390. The molecule has 136 valence electrons. The summed E-state index contributed by atoms with van der Waals surface area (Å²) in [6.07, 6.45) is 5.72. The summed E-state index contributed by atoms with van der Waals surface area (Å²) < 4.78 is 6.07. The third-order valence-corrected chi connectivity index (χ3v) is 5.23. The molecule has 7 heteroatoms. The predicted octanol–water partition coefficient (Wildman–Crippen LogP) is 1.60. The van der Waals surface area contributed by atoms with Crippen LogP contribution in [0.4, 0.5) is 0 Å². The van der Waals surface area contributed by atoms with E-state index in [0.29, 0.717) is 31.1 Å². The maximum absolute atomic E-state index is 12.4. The van der Waals surface area contributed by atoms with Crippen LogP contribution < -0.4 is 5.32 Å². The van der Waals surface area contributed by atoms with Crippen LogP contribution >= 0.6 is 0 Å². The molecule has 2 aromatic heterocycles. The molecule has 2 N–H and O–H groups in total. The van der Waals surface area contributed by atoms with Gasteiger partial charge in [-0.25, -0.2) is 0 Å². The molecule has 7 nitrogen and oxygen atoms in total. The molecular formula is C19H22N4O3. The van der Waals surface area contributed by atoms with E-state index in [1.54, 1.807) is 36.7 Å². The van der Waals surface area contributed by atoms with Crippen molar-refractivity contribution in [1.29, 1.82) is 0 Å². The monoisotopic (exact) mass is 354 g/mol. The molecule has 2 saturated heterocycles. The zero-order valence-electron chi connectivity index (χ0n) is 14.5. The number of nitrogens with zero attached hydrogens (tertiary/aromatic N) is 2. The number of aromatic nitrogens is 2. The molecular weight excluding hydrogens is 332 g/mol. The molecule has 0 saturated carbocycles. The van der Waals surface area contributed by atoms with E-state index in [0.717, 1.165) is 19.3 Å². The zero-order valence-corrected chi connectivity index (χ0v) is 14.5. The number of H-pyrrole nitrogens is 1.